The summed E-state index contributed by atoms with van der Waals surface area (Å²) in [6.45, 7) is 12.0. The van der Waals surface area contributed by atoms with Gasteiger partial charge in [-0.3, -0.25) is 0 Å². The summed E-state index contributed by atoms with van der Waals surface area (Å²) in [6.07, 6.45) is 0.191. The molecule has 0 spiro atoms. The van der Waals surface area contributed by atoms with Crippen LogP contribution in [0.25, 0.3) is 0 Å². The van der Waals surface area contributed by atoms with Crippen molar-refractivity contribution in [1.82, 2.24) is 0 Å². The number of hydrogen-bond acceptors (Lipinski definition) is 3. The average Bonchev–Trinajstić information content (AvgIpc) is 2.03. The van der Waals surface area contributed by atoms with Crippen LogP contribution >= 0.6 is 0 Å². The molecule has 0 aliphatic carbocycles. The average molecular weight is 202 g/mol. The molecule has 4 heteroatoms. The Hall–Kier alpha value is -0.0551. The fraction of sp³-hybridized carbons (Fsp3) is 1.00. The van der Waals surface area contributed by atoms with Gasteiger partial charge in [-0.1, -0.05) is 0 Å². The van der Waals surface area contributed by atoms with Crippen LogP contribution < -0.4 is 0 Å². The second-order valence-electron chi connectivity index (χ2n) is 4.70. The Morgan fingerprint density at radius 3 is 1.86 bits per heavy atom. The van der Waals surface area contributed by atoms with E-state index in [1.807, 2.05) is 41.5 Å². The minimum atomic E-state index is -0.364. The lowest BCUT2D eigenvalue weighted by Gasteiger charge is -2.40. The van der Waals surface area contributed by atoms with Gasteiger partial charge in [-0.2, -0.15) is 0 Å². The SMILES string of the molecule is COC(C)(C)C(C)(C)OBOC(C)C. The normalized spacial score (nSPS) is 13.4. The molecule has 0 unspecified atom stereocenters. The first-order chi connectivity index (χ1) is 6.23. The fourth-order valence-corrected chi connectivity index (χ4v) is 0.737. The molecule has 0 radical (unpaired) electrons. The topological polar surface area (TPSA) is 27.7 Å². The lowest BCUT2D eigenvalue weighted by molar-refractivity contribution is -0.121. The summed E-state index contributed by atoms with van der Waals surface area (Å²) in [5.41, 5.74) is -0.690. The largest absolute Gasteiger partial charge is 0.438 e. The maximum atomic E-state index is 5.65. The molecule has 0 aliphatic rings. The monoisotopic (exact) mass is 202 g/mol. The number of ether oxygens (including phenoxy) is 1. The summed E-state index contributed by atoms with van der Waals surface area (Å²) in [6, 6.07) is 0. The molecule has 0 saturated carbocycles. The fourth-order valence-electron chi connectivity index (χ4n) is 0.737. The van der Waals surface area contributed by atoms with Crippen LogP contribution in [0, 0.1) is 0 Å². The predicted octanol–water partition coefficient (Wildman–Crippen LogP) is 1.90. The van der Waals surface area contributed by atoms with Crippen molar-refractivity contribution in [2.45, 2.75) is 58.8 Å². The van der Waals surface area contributed by atoms with Gasteiger partial charge in [0.2, 0.25) is 0 Å². The van der Waals surface area contributed by atoms with Gasteiger partial charge in [-0.05, 0) is 41.5 Å². The molecule has 3 nitrogen and oxygen atoms in total. The van der Waals surface area contributed by atoms with E-state index in [1.54, 1.807) is 7.11 Å². The summed E-state index contributed by atoms with van der Waals surface area (Å²) in [7, 11) is 1.99. The summed E-state index contributed by atoms with van der Waals surface area (Å²) in [5, 5.41) is 0. The van der Waals surface area contributed by atoms with Crippen molar-refractivity contribution in [3.63, 3.8) is 0 Å². The first-order valence-corrected chi connectivity index (χ1v) is 5.03. The Morgan fingerprint density at radius 2 is 1.50 bits per heavy atom. The summed E-state index contributed by atoms with van der Waals surface area (Å²) < 4.78 is 16.4. The maximum Gasteiger partial charge on any atom is 0.438 e. The maximum absolute atomic E-state index is 5.65. The Bertz CT molecular complexity index is 167. The van der Waals surface area contributed by atoms with Crippen LogP contribution in [0.2, 0.25) is 0 Å². The van der Waals surface area contributed by atoms with Gasteiger partial charge in [0.25, 0.3) is 0 Å². The number of hydrogen-bond donors (Lipinski definition) is 0. The highest BCUT2D eigenvalue weighted by Gasteiger charge is 2.38. The Kier molecular flexibility index (Phi) is 5.13. The van der Waals surface area contributed by atoms with Crippen molar-refractivity contribution in [3.8, 4) is 0 Å². The van der Waals surface area contributed by atoms with E-state index >= 15 is 0 Å². The highest BCUT2D eigenvalue weighted by atomic mass is 16.6. The lowest BCUT2D eigenvalue weighted by Crippen LogP contribution is -2.49. The zero-order valence-electron chi connectivity index (χ0n) is 10.5. The quantitative estimate of drug-likeness (QED) is 0.615. The Balaban J connectivity index is 4.07. The second kappa shape index (κ2) is 5.15. The molecule has 0 amide bonds. The smallest absolute Gasteiger partial charge is 0.412 e. The van der Waals surface area contributed by atoms with E-state index in [0.29, 0.717) is 7.69 Å². The van der Waals surface area contributed by atoms with E-state index in [4.69, 9.17) is 14.0 Å². The molecule has 14 heavy (non-hydrogen) atoms. The molecule has 0 aromatic heterocycles. The van der Waals surface area contributed by atoms with Crippen molar-refractivity contribution < 1.29 is 14.0 Å². The van der Waals surface area contributed by atoms with E-state index < -0.39 is 0 Å². The number of rotatable bonds is 6. The van der Waals surface area contributed by atoms with E-state index in [0.717, 1.165) is 0 Å². The molecule has 0 bridgehead atoms. The minimum Gasteiger partial charge on any atom is -0.412 e. The van der Waals surface area contributed by atoms with Crippen molar-refractivity contribution in [3.05, 3.63) is 0 Å². The molecule has 0 aromatic carbocycles. The van der Waals surface area contributed by atoms with Gasteiger partial charge in [0.15, 0.2) is 0 Å². The van der Waals surface area contributed by atoms with Crippen LogP contribution in [0.5, 0.6) is 0 Å². The summed E-state index contributed by atoms with van der Waals surface area (Å²) >= 11 is 0. The van der Waals surface area contributed by atoms with E-state index in [-0.39, 0.29) is 17.3 Å². The van der Waals surface area contributed by atoms with Gasteiger partial charge in [-0.15, -0.1) is 0 Å². The van der Waals surface area contributed by atoms with Gasteiger partial charge in [0, 0.05) is 13.2 Å². The van der Waals surface area contributed by atoms with Crippen molar-refractivity contribution in [2.24, 2.45) is 0 Å². The van der Waals surface area contributed by atoms with Gasteiger partial charge in [-0.25, -0.2) is 0 Å². The molecule has 84 valence electrons. The van der Waals surface area contributed by atoms with Crippen LogP contribution in [0.3, 0.4) is 0 Å². The van der Waals surface area contributed by atoms with Crippen LogP contribution in [0.1, 0.15) is 41.5 Å². The Labute approximate surface area is 88.4 Å². The molecule has 0 saturated heterocycles. The van der Waals surface area contributed by atoms with E-state index in [1.165, 1.54) is 0 Å². The molecule has 0 fully saturated rings. The van der Waals surface area contributed by atoms with E-state index in [9.17, 15) is 0 Å². The third-order valence-corrected chi connectivity index (χ3v) is 2.78. The van der Waals surface area contributed by atoms with Crippen LogP contribution in [0.15, 0.2) is 0 Å². The van der Waals surface area contributed by atoms with Crippen LogP contribution in [0.4, 0.5) is 0 Å². The first-order valence-electron chi connectivity index (χ1n) is 5.03. The zero-order valence-corrected chi connectivity index (χ0v) is 10.5. The Morgan fingerprint density at radius 1 is 1.00 bits per heavy atom. The minimum absolute atomic E-state index is 0.191. The van der Waals surface area contributed by atoms with Crippen molar-refractivity contribution in [1.29, 1.82) is 0 Å². The molecular formula is C10H23BO3. The molecule has 0 heterocycles. The van der Waals surface area contributed by atoms with Gasteiger partial charge >= 0.3 is 7.69 Å². The summed E-state index contributed by atoms with van der Waals surface area (Å²) in [4.78, 5) is 0. The molecule has 0 rings (SSSR count). The third kappa shape index (κ3) is 3.99. The molecule has 0 aromatic rings. The number of methoxy groups -OCH3 is 1. The van der Waals surface area contributed by atoms with Crippen LogP contribution in [-0.4, -0.2) is 32.1 Å². The lowest BCUT2D eigenvalue weighted by atomic mass is 9.88. The first kappa shape index (κ1) is 13.9. The van der Waals surface area contributed by atoms with E-state index in [2.05, 4.69) is 0 Å². The molecule has 0 atom stereocenters. The molecule has 0 N–H and O–H groups in total. The third-order valence-electron chi connectivity index (χ3n) is 2.78. The van der Waals surface area contributed by atoms with Gasteiger partial charge < -0.3 is 14.0 Å². The van der Waals surface area contributed by atoms with Crippen molar-refractivity contribution >= 4 is 7.69 Å². The van der Waals surface area contributed by atoms with Gasteiger partial charge in [0.1, 0.15) is 0 Å². The molecule has 0 aliphatic heterocycles. The van der Waals surface area contributed by atoms with Crippen molar-refractivity contribution in [2.75, 3.05) is 7.11 Å². The highest BCUT2D eigenvalue weighted by Crippen LogP contribution is 2.27. The van der Waals surface area contributed by atoms with Crippen LogP contribution in [-0.2, 0) is 14.0 Å². The summed E-state index contributed by atoms with van der Waals surface area (Å²) in [5.74, 6) is 0. The molecular weight excluding hydrogens is 179 g/mol. The van der Waals surface area contributed by atoms with Gasteiger partial charge in [0.05, 0.1) is 11.2 Å². The standard InChI is InChI=1S/C10H23BO3/c1-8(2)13-11-14-10(5,6)9(3,4)12-7/h8,11H,1-7H3. The zero-order chi connectivity index (χ0) is 11.4. The highest BCUT2D eigenvalue weighted by molar-refractivity contribution is 6.18. The second-order valence-corrected chi connectivity index (χ2v) is 4.70. The predicted molar refractivity (Wildman–Crippen MR) is 59.6 cm³/mol.